The maximum Gasteiger partial charge on any atom is 0.387 e. The molecule has 2 saturated heterocycles. The molecule has 3 heterocycles. The molecular weight excluding hydrogens is 618 g/mol. The smallest absolute Gasteiger partial charge is 0.387 e. The van der Waals surface area contributed by atoms with E-state index in [2.05, 4.69) is 20.4 Å². The van der Waals surface area contributed by atoms with Crippen LogP contribution in [0.2, 0.25) is 5.02 Å². The molecule has 5 rings (SSSR count). The summed E-state index contributed by atoms with van der Waals surface area (Å²) < 4.78 is 59.0. The summed E-state index contributed by atoms with van der Waals surface area (Å²) in [7, 11) is 1.40. The fourth-order valence-corrected chi connectivity index (χ4v) is 6.09. The van der Waals surface area contributed by atoms with Gasteiger partial charge in [0.05, 0.1) is 22.5 Å². The van der Waals surface area contributed by atoms with Gasteiger partial charge in [-0.25, -0.2) is 9.37 Å². The van der Waals surface area contributed by atoms with Crippen LogP contribution in [0.4, 0.5) is 23.2 Å². The summed E-state index contributed by atoms with van der Waals surface area (Å²) in [5, 5.41) is 6.05. The summed E-state index contributed by atoms with van der Waals surface area (Å²) in [5.41, 5.74) is 0.211. The number of amides is 2. The minimum absolute atomic E-state index is 0.00991. The van der Waals surface area contributed by atoms with Gasteiger partial charge in [0.2, 0.25) is 5.82 Å². The lowest BCUT2D eigenvalue weighted by Crippen LogP contribution is -2.40. The Labute approximate surface area is 261 Å². The minimum atomic E-state index is -3.33. The normalized spacial score (nSPS) is 17.1. The predicted molar refractivity (Wildman–Crippen MR) is 158 cm³/mol. The van der Waals surface area contributed by atoms with Crippen LogP contribution in [0, 0.1) is 23.5 Å². The number of likely N-dealkylation sites (tertiary alicyclic amines) is 1. The van der Waals surface area contributed by atoms with Crippen molar-refractivity contribution < 1.29 is 36.7 Å². The van der Waals surface area contributed by atoms with Crippen molar-refractivity contribution in [1.29, 1.82) is 0 Å². The first-order valence-electron chi connectivity index (χ1n) is 14.6. The molecule has 0 unspecified atom stereocenters. The van der Waals surface area contributed by atoms with Crippen LogP contribution >= 0.6 is 11.6 Å². The van der Waals surface area contributed by atoms with E-state index in [-0.39, 0.29) is 51.0 Å². The van der Waals surface area contributed by atoms with Gasteiger partial charge < -0.3 is 24.8 Å². The molecule has 2 amide bonds. The van der Waals surface area contributed by atoms with Gasteiger partial charge >= 0.3 is 6.61 Å². The van der Waals surface area contributed by atoms with Crippen LogP contribution in [0.15, 0.2) is 36.5 Å². The Hall–Kier alpha value is -3.97. The average molecular weight is 650 g/mol. The zero-order chi connectivity index (χ0) is 32.2. The van der Waals surface area contributed by atoms with Gasteiger partial charge in [-0.3, -0.25) is 14.4 Å². The molecule has 1 aromatic heterocycles. The highest BCUT2D eigenvalue weighted by atomic mass is 35.5. The van der Waals surface area contributed by atoms with Crippen molar-refractivity contribution in [2.45, 2.75) is 38.7 Å². The number of aromatic nitrogens is 2. The molecule has 0 saturated carbocycles. The number of carbonyl (C=O) groups is 3. The summed E-state index contributed by atoms with van der Waals surface area (Å²) in [5.74, 6) is -4.34. The molecule has 1 atom stereocenters. The maximum absolute atomic E-state index is 14.7. The predicted octanol–water partition coefficient (Wildman–Crippen LogP) is 5.68. The first-order valence-corrected chi connectivity index (χ1v) is 15.0. The summed E-state index contributed by atoms with van der Waals surface area (Å²) in [6.07, 6.45) is 4.93. The van der Waals surface area contributed by atoms with E-state index in [1.807, 2.05) is 0 Å². The standard InChI is InChI=1S/C31H32ClF4N5O4/c1-40-23(21-5-7-25(45-31(35)36)27(34)26(21)33)16-38-28(40)29(43)39-19-3-4-20(22(32)14-19)30(44)41-12-9-18(10-13-41)24(42)6-2-17-8-11-37-15-17/h3-5,7,14,16-18,31,37H,2,6,8-13,15H2,1H3,(H,39,43)/t17-/m1/s1. The van der Waals surface area contributed by atoms with Gasteiger partial charge in [-0.05, 0) is 75.0 Å². The van der Waals surface area contributed by atoms with Crippen molar-refractivity contribution in [3.63, 3.8) is 0 Å². The lowest BCUT2D eigenvalue weighted by atomic mass is 9.88. The van der Waals surface area contributed by atoms with Crippen molar-refractivity contribution in [3.05, 3.63) is 64.6 Å². The number of halogens is 5. The second-order valence-corrected chi connectivity index (χ2v) is 11.6. The summed E-state index contributed by atoms with van der Waals surface area (Å²) >= 11 is 6.43. The number of rotatable bonds is 10. The number of nitrogens with zero attached hydrogens (tertiary/aromatic N) is 3. The van der Waals surface area contributed by atoms with Crippen LogP contribution < -0.4 is 15.4 Å². The Morgan fingerprint density at radius 1 is 1.11 bits per heavy atom. The number of ether oxygens (including phenoxy) is 1. The van der Waals surface area contributed by atoms with Gasteiger partial charge in [0.25, 0.3) is 11.8 Å². The van der Waals surface area contributed by atoms with Gasteiger partial charge in [0.15, 0.2) is 17.4 Å². The second-order valence-electron chi connectivity index (χ2n) is 11.2. The van der Waals surface area contributed by atoms with E-state index in [0.29, 0.717) is 38.3 Å². The van der Waals surface area contributed by atoms with Crippen molar-refractivity contribution in [3.8, 4) is 17.0 Å². The van der Waals surface area contributed by atoms with Crippen LogP contribution in [-0.2, 0) is 11.8 Å². The molecule has 2 aliphatic heterocycles. The number of imidazole rings is 1. The highest BCUT2D eigenvalue weighted by Gasteiger charge is 2.29. The molecule has 0 aliphatic carbocycles. The molecule has 240 valence electrons. The molecular formula is C31H32ClF4N5O4. The van der Waals surface area contributed by atoms with Crippen LogP contribution in [0.1, 0.15) is 53.1 Å². The number of alkyl halides is 2. The number of hydrogen-bond acceptors (Lipinski definition) is 6. The van der Waals surface area contributed by atoms with E-state index >= 15 is 0 Å². The zero-order valence-electron chi connectivity index (χ0n) is 24.4. The van der Waals surface area contributed by atoms with E-state index in [9.17, 15) is 31.9 Å². The molecule has 0 radical (unpaired) electrons. The Balaban J connectivity index is 1.19. The van der Waals surface area contributed by atoms with E-state index in [1.54, 1.807) is 4.90 Å². The quantitative estimate of drug-likeness (QED) is 0.274. The van der Waals surface area contributed by atoms with Gasteiger partial charge in [0.1, 0.15) is 5.78 Å². The SMILES string of the molecule is Cn1c(-c2ccc(OC(F)F)c(F)c2F)cnc1C(=O)Nc1ccc(C(=O)N2CCC(C(=O)CC[C@@H]3CCNC3)CC2)c(Cl)c1. The fraction of sp³-hybridized carbons (Fsp3) is 0.419. The molecule has 3 aromatic rings. The molecule has 0 spiro atoms. The second kappa shape index (κ2) is 14.0. The number of nitrogens with one attached hydrogen (secondary N) is 2. The van der Waals surface area contributed by atoms with Crippen molar-refractivity contribution in [2.24, 2.45) is 18.9 Å². The van der Waals surface area contributed by atoms with Gasteiger partial charge in [-0.1, -0.05) is 11.6 Å². The molecule has 2 fully saturated rings. The molecule has 2 aliphatic rings. The molecule has 0 bridgehead atoms. The topological polar surface area (TPSA) is 106 Å². The number of benzene rings is 2. The van der Waals surface area contributed by atoms with E-state index in [4.69, 9.17) is 11.6 Å². The molecule has 2 aromatic carbocycles. The molecule has 14 heteroatoms. The fourth-order valence-electron chi connectivity index (χ4n) is 5.83. The highest BCUT2D eigenvalue weighted by Crippen LogP contribution is 2.31. The third-order valence-corrected chi connectivity index (χ3v) is 8.70. The van der Waals surface area contributed by atoms with Gasteiger partial charge in [-0.2, -0.15) is 13.2 Å². The number of carbonyl (C=O) groups excluding carboxylic acids is 3. The maximum atomic E-state index is 14.7. The average Bonchev–Trinajstić information content (AvgIpc) is 3.68. The number of anilines is 1. The van der Waals surface area contributed by atoms with Gasteiger partial charge in [-0.15, -0.1) is 0 Å². The van der Waals surface area contributed by atoms with Crippen molar-refractivity contribution in [2.75, 3.05) is 31.5 Å². The van der Waals surface area contributed by atoms with Crippen molar-refractivity contribution >= 4 is 34.9 Å². The number of Topliss-reactive ketones (excluding diaryl/α,β-unsaturated/α-hetero) is 1. The first kappa shape index (κ1) is 32.4. The van der Waals surface area contributed by atoms with E-state index in [1.165, 1.54) is 29.8 Å². The first-order chi connectivity index (χ1) is 21.5. The number of ketones is 1. The molecule has 9 nitrogen and oxygen atoms in total. The molecule has 2 N–H and O–H groups in total. The Kier molecular flexibility index (Phi) is 10.1. The summed E-state index contributed by atoms with van der Waals surface area (Å²) in [6.45, 7) is -0.460. The Morgan fingerprint density at radius 3 is 2.53 bits per heavy atom. The lowest BCUT2D eigenvalue weighted by Gasteiger charge is -2.31. The molecule has 45 heavy (non-hydrogen) atoms. The van der Waals surface area contributed by atoms with Crippen molar-refractivity contribution in [1.82, 2.24) is 19.8 Å². The van der Waals surface area contributed by atoms with Crippen LogP contribution in [-0.4, -0.2) is 64.8 Å². The third kappa shape index (κ3) is 7.30. The largest absolute Gasteiger partial charge is 0.432 e. The van der Waals surface area contributed by atoms with Crippen LogP contribution in [0.5, 0.6) is 5.75 Å². The Morgan fingerprint density at radius 2 is 1.87 bits per heavy atom. The summed E-state index contributed by atoms with van der Waals surface area (Å²) in [6, 6.07) is 6.32. The van der Waals surface area contributed by atoms with Gasteiger partial charge in [0, 0.05) is 43.7 Å². The summed E-state index contributed by atoms with van der Waals surface area (Å²) in [4.78, 5) is 44.6. The number of hydrogen-bond donors (Lipinski definition) is 2. The number of piperidine rings is 1. The minimum Gasteiger partial charge on any atom is -0.432 e. The monoisotopic (exact) mass is 649 g/mol. The highest BCUT2D eigenvalue weighted by molar-refractivity contribution is 6.34. The lowest BCUT2D eigenvalue weighted by molar-refractivity contribution is -0.124. The van der Waals surface area contributed by atoms with Crippen LogP contribution in [0.25, 0.3) is 11.3 Å². The Bertz CT molecular complexity index is 1590. The third-order valence-electron chi connectivity index (χ3n) is 8.39. The van der Waals surface area contributed by atoms with Crippen LogP contribution in [0.3, 0.4) is 0 Å². The van der Waals surface area contributed by atoms with E-state index < -0.39 is 29.9 Å². The zero-order valence-corrected chi connectivity index (χ0v) is 25.2. The van der Waals surface area contributed by atoms with E-state index in [0.717, 1.165) is 44.3 Å².